The fourth-order valence-corrected chi connectivity index (χ4v) is 4.02. The van der Waals surface area contributed by atoms with Crippen molar-refractivity contribution < 1.29 is 13.2 Å². The van der Waals surface area contributed by atoms with Crippen LogP contribution in [0.4, 0.5) is 0 Å². The van der Waals surface area contributed by atoms with Gasteiger partial charge in [-0.1, -0.05) is 64.1 Å². The van der Waals surface area contributed by atoms with Crippen molar-refractivity contribution in [1.29, 1.82) is 0 Å². The van der Waals surface area contributed by atoms with Crippen LogP contribution in [0.25, 0.3) is 0 Å². The number of benzene rings is 2. The van der Waals surface area contributed by atoms with Gasteiger partial charge in [-0.2, -0.15) is 0 Å². The highest BCUT2D eigenvalue weighted by Gasteiger charge is 2.20. The molecule has 2 unspecified atom stereocenters. The second kappa shape index (κ2) is 9.37. The molecular formula is C23H31NO3S. The Labute approximate surface area is 169 Å². The van der Waals surface area contributed by atoms with Gasteiger partial charge in [-0.15, -0.1) is 0 Å². The molecular weight excluding hydrogens is 370 g/mol. The molecule has 0 aromatic heterocycles. The summed E-state index contributed by atoms with van der Waals surface area (Å²) in [5.74, 6) is 0.468. The highest BCUT2D eigenvalue weighted by Crippen LogP contribution is 2.25. The van der Waals surface area contributed by atoms with Crippen LogP contribution in [-0.2, 0) is 15.6 Å². The van der Waals surface area contributed by atoms with Crippen molar-refractivity contribution in [2.24, 2.45) is 5.92 Å². The van der Waals surface area contributed by atoms with Crippen molar-refractivity contribution in [3.05, 3.63) is 70.8 Å². The van der Waals surface area contributed by atoms with E-state index in [1.165, 1.54) is 11.8 Å². The summed E-state index contributed by atoms with van der Waals surface area (Å²) in [7, 11) is -3.14. The quantitative estimate of drug-likeness (QED) is 0.686. The molecule has 0 bridgehead atoms. The number of sulfone groups is 1. The van der Waals surface area contributed by atoms with Crippen molar-refractivity contribution >= 4 is 15.7 Å². The average Bonchev–Trinajstić information content (AvgIpc) is 2.64. The van der Waals surface area contributed by atoms with E-state index in [9.17, 15) is 13.2 Å². The maximum absolute atomic E-state index is 12.8. The Morgan fingerprint density at radius 1 is 1.00 bits per heavy atom. The first kappa shape index (κ1) is 22.2. The van der Waals surface area contributed by atoms with Crippen molar-refractivity contribution in [2.75, 3.05) is 6.26 Å². The zero-order chi connectivity index (χ0) is 20.9. The van der Waals surface area contributed by atoms with E-state index in [-0.39, 0.29) is 23.6 Å². The van der Waals surface area contributed by atoms with Gasteiger partial charge in [0.05, 0.1) is 11.8 Å². The Morgan fingerprint density at radius 3 is 2.14 bits per heavy atom. The van der Waals surface area contributed by atoms with Crippen LogP contribution in [0.5, 0.6) is 0 Å². The van der Waals surface area contributed by atoms with Gasteiger partial charge in [0.1, 0.15) is 0 Å². The molecule has 2 aromatic carbocycles. The van der Waals surface area contributed by atoms with Gasteiger partial charge in [0.2, 0.25) is 0 Å². The largest absolute Gasteiger partial charge is 0.345 e. The number of nitrogens with one attached hydrogen (secondary N) is 1. The van der Waals surface area contributed by atoms with E-state index < -0.39 is 9.84 Å². The second-order valence-electron chi connectivity index (χ2n) is 7.94. The molecule has 0 radical (unpaired) electrons. The van der Waals surface area contributed by atoms with Crippen LogP contribution in [0.15, 0.2) is 48.5 Å². The lowest BCUT2D eigenvalue weighted by Crippen LogP contribution is -2.31. The minimum absolute atomic E-state index is 0.0706. The van der Waals surface area contributed by atoms with Gasteiger partial charge < -0.3 is 5.32 Å². The summed E-state index contributed by atoms with van der Waals surface area (Å²) in [6.45, 7) is 8.54. The minimum Gasteiger partial charge on any atom is -0.345 e. The fraction of sp³-hybridized carbons (Fsp3) is 0.435. The lowest BCUT2D eigenvalue weighted by molar-refractivity contribution is 0.0925. The van der Waals surface area contributed by atoms with Crippen LogP contribution in [0, 0.1) is 5.92 Å². The van der Waals surface area contributed by atoms with Crippen molar-refractivity contribution in [3.63, 3.8) is 0 Å². The standard InChI is InChI=1S/C23H31NO3S/c1-6-17(4)19-10-12-20(13-11-19)22(16(2)3)24-23(25)21-9-7-8-18(14-21)15-28(5,26)27/h7-14,16-17,22H,6,15H2,1-5H3,(H,24,25). The molecule has 2 atom stereocenters. The van der Waals surface area contributed by atoms with E-state index in [0.29, 0.717) is 17.0 Å². The summed E-state index contributed by atoms with van der Waals surface area (Å²) in [5.41, 5.74) is 3.47. The molecule has 0 aliphatic heterocycles. The number of hydrogen-bond donors (Lipinski definition) is 1. The predicted octanol–water partition coefficient (Wildman–Crippen LogP) is 4.87. The Balaban J connectivity index is 2.20. The molecule has 152 valence electrons. The molecule has 2 aromatic rings. The molecule has 0 saturated carbocycles. The van der Waals surface area contributed by atoms with Gasteiger partial charge in [0.25, 0.3) is 5.91 Å². The smallest absolute Gasteiger partial charge is 0.251 e. The van der Waals surface area contributed by atoms with Gasteiger partial charge in [0.15, 0.2) is 9.84 Å². The molecule has 0 fully saturated rings. The Hall–Kier alpha value is -2.14. The van der Waals surface area contributed by atoms with Crippen LogP contribution < -0.4 is 5.32 Å². The van der Waals surface area contributed by atoms with Gasteiger partial charge in [0, 0.05) is 11.8 Å². The van der Waals surface area contributed by atoms with Crippen LogP contribution in [0.2, 0.25) is 0 Å². The first-order valence-electron chi connectivity index (χ1n) is 9.78. The maximum atomic E-state index is 12.8. The van der Waals surface area contributed by atoms with Crippen LogP contribution >= 0.6 is 0 Å². The van der Waals surface area contributed by atoms with Crippen molar-refractivity contribution in [2.45, 2.75) is 51.8 Å². The predicted molar refractivity (Wildman–Crippen MR) is 115 cm³/mol. The van der Waals surface area contributed by atoms with E-state index in [1.54, 1.807) is 24.3 Å². The monoisotopic (exact) mass is 401 g/mol. The Kier molecular flexibility index (Phi) is 7.41. The van der Waals surface area contributed by atoms with E-state index in [2.05, 4.69) is 57.3 Å². The molecule has 0 aliphatic carbocycles. The molecule has 0 spiro atoms. The molecule has 0 heterocycles. The van der Waals surface area contributed by atoms with Crippen LogP contribution in [-0.4, -0.2) is 20.6 Å². The van der Waals surface area contributed by atoms with Gasteiger partial charge in [-0.05, 0) is 47.1 Å². The average molecular weight is 402 g/mol. The molecule has 1 amide bonds. The van der Waals surface area contributed by atoms with Crippen LogP contribution in [0.3, 0.4) is 0 Å². The fourth-order valence-electron chi connectivity index (χ4n) is 3.23. The summed E-state index contributed by atoms with van der Waals surface area (Å²) in [5, 5.41) is 3.11. The van der Waals surface area contributed by atoms with Crippen molar-refractivity contribution in [3.8, 4) is 0 Å². The van der Waals surface area contributed by atoms with Gasteiger partial charge in [-0.25, -0.2) is 8.42 Å². The number of carbonyl (C=O) groups is 1. The Bertz CT molecular complexity index is 902. The molecule has 0 aliphatic rings. The molecule has 0 saturated heterocycles. The third kappa shape index (κ3) is 6.20. The summed E-state index contributed by atoms with van der Waals surface area (Å²) in [6, 6.07) is 15.2. The Morgan fingerprint density at radius 2 is 1.61 bits per heavy atom. The third-order valence-corrected chi connectivity index (χ3v) is 5.91. The van der Waals surface area contributed by atoms with Gasteiger partial charge in [-0.3, -0.25) is 4.79 Å². The third-order valence-electron chi connectivity index (χ3n) is 5.05. The van der Waals surface area contributed by atoms with E-state index in [0.717, 1.165) is 12.0 Å². The summed E-state index contributed by atoms with van der Waals surface area (Å²) in [6.07, 6.45) is 2.28. The summed E-state index contributed by atoms with van der Waals surface area (Å²) in [4.78, 5) is 12.8. The number of rotatable bonds is 8. The van der Waals surface area contributed by atoms with Crippen molar-refractivity contribution in [1.82, 2.24) is 5.32 Å². The first-order valence-corrected chi connectivity index (χ1v) is 11.8. The normalized spacial score (nSPS) is 13.9. The maximum Gasteiger partial charge on any atom is 0.251 e. The number of carbonyl (C=O) groups excluding carboxylic acids is 1. The minimum atomic E-state index is -3.14. The lowest BCUT2D eigenvalue weighted by atomic mass is 9.92. The second-order valence-corrected chi connectivity index (χ2v) is 10.1. The highest BCUT2D eigenvalue weighted by molar-refractivity contribution is 7.89. The molecule has 5 heteroatoms. The molecule has 28 heavy (non-hydrogen) atoms. The van der Waals surface area contributed by atoms with Crippen LogP contribution in [0.1, 0.15) is 73.1 Å². The molecule has 2 rings (SSSR count). The van der Waals surface area contributed by atoms with E-state index >= 15 is 0 Å². The summed E-state index contributed by atoms with van der Waals surface area (Å²) >= 11 is 0. The lowest BCUT2D eigenvalue weighted by Gasteiger charge is -2.24. The topological polar surface area (TPSA) is 63.2 Å². The van der Waals surface area contributed by atoms with Gasteiger partial charge >= 0.3 is 0 Å². The van der Waals surface area contributed by atoms with E-state index in [4.69, 9.17) is 0 Å². The summed E-state index contributed by atoms with van der Waals surface area (Å²) < 4.78 is 23.1. The molecule has 1 N–H and O–H groups in total. The van der Waals surface area contributed by atoms with E-state index in [1.807, 2.05) is 0 Å². The number of hydrogen-bond acceptors (Lipinski definition) is 3. The highest BCUT2D eigenvalue weighted by atomic mass is 32.2. The first-order chi connectivity index (χ1) is 13.1. The zero-order valence-electron chi connectivity index (χ0n) is 17.4. The molecule has 4 nitrogen and oxygen atoms in total. The number of amides is 1. The zero-order valence-corrected chi connectivity index (χ0v) is 18.2. The SMILES string of the molecule is CCC(C)c1ccc(C(NC(=O)c2cccc(CS(C)(=O)=O)c2)C(C)C)cc1.